The fourth-order valence-electron chi connectivity index (χ4n) is 2.23. The lowest BCUT2D eigenvalue weighted by atomic mass is 9.93. The van der Waals surface area contributed by atoms with Crippen LogP contribution in [0.3, 0.4) is 0 Å². The molecule has 1 amide bonds. The molecule has 0 spiro atoms. The van der Waals surface area contributed by atoms with Crippen molar-refractivity contribution in [3.8, 4) is 5.75 Å². The zero-order chi connectivity index (χ0) is 13.1. The minimum Gasteiger partial charge on any atom is -0.494 e. The first kappa shape index (κ1) is 12.5. The second-order valence-electron chi connectivity index (χ2n) is 4.40. The normalized spacial score (nSPS) is 16.6. The number of piperidine rings is 1. The van der Waals surface area contributed by atoms with Crippen molar-refractivity contribution in [1.82, 2.24) is 9.88 Å². The molecule has 18 heavy (non-hydrogen) atoms. The first-order valence-electron chi connectivity index (χ1n) is 5.89. The van der Waals surface area contributed by atoms with Gasteiger partial charge in [-0.2, -0.15) is 0 Å². The number of carbonyl (C=O) groups is 1. The van der Waals surface area contributed by atoms with Gasteiger partial charge < -0.3 is 20.5 Å². The number of aromatic nitrogens is 1. The molecule has 0 saturated carbocycles. The molecule has 3 N–H and O–H groups in total. The molecule has 1 fully saturated rings. The Balaban J connectivity index is 2.07. The van der Waals surface area contributed by atoms with E-state index in [2.05, 4.69) is 4.98 Å². The monoisotopic (exact) mass is 251 g/mol. The van der Waals surface area contributed by atoms with E-state index in [1.54, 1.807) is 13.3 Å². The van der Waals surface area contributed by atoms with Crippen molar-refractivity contribution in [1.29, 1.82) is 0 Å². The molecule has 2 rings (SSSR count). The maximum Gasteiger partial charge on any atom is 0.407 e. The van der Waals surface area contributed by atoms with E-state index < -0.39 is 6.09 Å². The number of methoxy groups -OCH3 is 1. The number of nitrogens with two attached hydrogens (primary N) is 1. The van der Waals surface area contributed by atoms with Gasteiger partial charge in [-0.25, -0.2) is 4.79 Å². The molecule has 1 saturated heterocycles. The fourth-order valence-corrected chi connectivity index (χ4v) is 2.23. The number of carboxylic acid groups (broad SMARTS) is 1. The van der Waals surface area contributed by atoms with Gasteiger partial charge in [-0.15, -0.1) is 0 Å². The first-order chi connectivity index (χ1) is 8.61. The van der Waals surface area contributed by atoms with E-state index in [-0.39, 0.29) is 5.92 Å². The Morgan fingerprint density at radius 1 is 1.56 bits per heavy atom. The predicted octanol–water partition coefficient (Wildman–Crippen LogP) is 1.53. The van der Waals surface area contributed by atoms with E-state index in [1.165, 1.54) is 4.90 Å². The van der Waals surface area contributed by atoms with Gasteiger partial charge in [-0.05, 0) is 12.8 Å². The molecular formula is C12H17N3O3. The highest BCUT2D eigenvalue weighted by atomic mass is 16.5. The summed E-state index contributed by atoms with van der Waals surface area (Å²) in [6.07, 6.45) is 2.31. The Bertz CT molecular complexity index is 442. The topological polar surface area (TPSA) is 88.7 Å². The summed E-state index contributed by atoms with van der Waals surface area (Å²) in [5, 5.41) is 8.89. The summed E-state index contributed by atoms with van der Waals surface area (Å²) in [6, 6.07) is 1.84. The predicted molar refractivity (Wildman–Crippen MR) is 66.8 cm³/mol. The van der Waals surface area contributed by atoms with Crippen molar-refractivity contribution < 1.29 is 14.6 Å². The molecule has 1 aromatic heterocycles. The third kappa shape index (κ3) is 2.47. The second-order valence-corrected chi connectivity index (χ2v) is 4.40. The minimum absolute atomic E-state index is 0.273. The molecule has 0 unspecified atom stereocenters. The molecule has 98 valence electrons. The van der Waals surface area contributed by atoms with Gasteiger partial charge in [0.25, 0.3) is 0 Å². The number of hydrogen-bond acceptors (Lipinski definition) is 4. The molecule has 0 aliphatic carbocycles. The van der Waals surface area contributed by atoms with Crippen molar-refractivity contribution in [2.24, 2.45) is 0 Å². The number of likely N-dealkylation sites (tertiary alicyclic amines) is 1. The number of rotatable bonds is 2. The quantitative estimate of drug-likeness (QED) is 0.832. The van der Waals surface area contributed by atoms with Gasteiger partial charge >= 0.3 is 6.09 Å². The van der Waals surface area contributed by atoms with Crippen molar-refractivity contribution in [3.63, 3.8) is 0 Å². The number of hydrogen-bond donors (Lipinski definition) is 2. The molecule has 1 aliphatic heterocycles. The van der Waals surface area contributed by atoms with E-state index in [4.69, 9.17) is 15.6 Å². The minimum atomic E-state index is -0.851. The van der Waals surface area contributed by atoms with Crippen LogP contribution in [0, 0.1) is 0 Å². The van der Waals surface area contributed by atoms with E-state index in [0.29, 0.717) is 24.5 Å². The largest absolute Gasteiger partial charge is 0.494 e. The van der Waals surface area contributed by atoms with Crippen LogP contribution in [-0.4, -0.2) is 41.3 Å². The zero-order valence-electron chi connectivity index (χ0n) is 10.3. The molecule has 0 radical (unpaired) electrons. The molecule has 6 nitrogen and oxygen atoms in total. The van der Waals surface area contributed by atoms with Crippen LogP contribution >= 0.6 is 0 Å². The maximum atomic E-state index is 10.8. The summed E-state index contributed by atoms with van der Waals surface area (Å²) in [4.78, 5) is 16.6. The molecule has 1 aromatic rings. The number of ether oxygens (including phenoxy) is 1. The van der Waals surface area contributed by atoms with Gasteiger partial charge in [0.15, 0.2) is 0 Å². The SMILES string of the molecule is COc1cc(C2CCN(C(=O)O)CC2)ncc1N. The molecule has 0 bridgehead atoms. The molecule has 0 atom stereocenters. The van der Waals surface area contributed by atoms with Crippen LogP contribution in [0.2, 0.25) is 0 Å². The van der Waals surface area contributed by atoms with Crippen LogP contribution in [0.15, 0.2) is 12.3 Å². The zero-order valence-corrected chi connectivity index (χ0v) is 10.3. The van der Waals surface area contributed by atoms with Crippen molar-refractivity contribution in [2.45, 2.75) is 18.8 Å². The fraction of sp³-hybridized carbons (Fsp3) is 0.500. The lowest BCUT2D eigenvalue weighted by Crippen LogP contribution is -2.36. The Morgan fingerprint density at radius 2 is 2.22 bits per heavy atom. The van der Waals surface area contributed by atoms with Gasteiger partial charge in [0, 0.05) is 30.8 Å². The van der Waals surface area contributed by atoms with Crippen LogP contribution in [0.1, 0.15) is 24.5 Å². The van der Waals surface area contributed by atoms with E-state index in [0.717, 1.165) is 18.5 Å². The smallest absolute Gasteiger partial charge is 0.407 e. The van der Waals surface area contributed by atoms with Crippen LogP contribution in [0.5, 0.6) is 5.75 Å². The summed E-state index contributed by atoms with van der Waals surface area (Å²) in [7, 11) is 1.57. The Labute approximate surface area is 105 Å². The summed E-state index contributed by atoms with van der Waals surface area (Å²) >= 11 is 0. The van der Waals surface area contributed by atoms with Gasteiger partial charge in [-0.3, -0.25) is 4.98 Å². The summed E-state index contributed by atoms with van der Waals surface area (Å²) in [6.45, 7) is 1.10. The maximum absolute atomic E-state index is 10.8. The molecular weight excluding hydrogens is 234 g/mol. The lowest BCUT2D eigenvalue weighted by molar-refractivity contribution is 0.131. The number of anilines is 1. The van der Waals surface area contributed by atoms with Crippen molar-refractivity contribution in [2.75, 3.05) is 25.9 Å². The Morgan fingerprint density at radius 3 is 2.78 bits per heavy atom. The van der Waals surface area contributed by atoms with Gasteiger partial charge in [0.05, 0.1) is 19.0 Å². The van der Waals surface area contributed by atoms with E-state index in [1.807, 2.05) is 6.07 Å². The standard InChI is InChI=1S/C12H17N3O3/c1-18-11-6-10(14-7-9(11)13)8-2-4-15(5-3-8)12(16)17/h6-8H,2-5,13H2,1H3,(H,16,17). The summed E-state index contributed by atoms with van der Waals surface area (Å²) < 4.78 is 5.17. The van der Waals surface area contributed by atoms with Crippen LogP contribution in [0.4, 0.5) is 10.5 Å². The Kier molecular flexibility index (Phi) is 3.55. The lowest BCUT2D eigenvalue weighted by Gasteiger charge is -2.29. The van der Waals surface area contributed by atoms with Gasteiger partial charge in [-0.1, -0.05) is 0 Å². The average molecular weight is 251 g/mol. The molecule has 2 heterocycles. The number of pyridine rings is 1. The highest BCUT2D eigenvalue weighted by molar-refractivity contribution is 5.65. The van der Waals surface area contributed by atoms with Crippen LogP contribution in [0.25, 0.3) is 0 Å². The molecule has 0 aromatic carbocycles. The average Bonchev–Trinajstić information content (AvgIpc) is 2.39. The highest BCUT2D eigenvalue weighted by Crippen LogP contribution is 2.30. The number of amides is 1. The highest BCUT2D eigenvalue weighted by Gasteiger charge is 2.24. The van der Waals surface area contributed by atoms with Crippen molar-refractivity contribution >= 4 is 11.8 Å². The molecule has 6 heteroatoms. The van der Waals surface area contributed by atoms with Gasteiger partial charge in [0.2, 0.25) is 0 Å². The third-order valence-corrected chi connectivity index (χ3v) is 3.32. The Hall–Kier alpha value is -1.98. The van der Waals surface area contributed by atoms with Crippen LogP contribution < -0.4 is 10.5 Å². The van der Waals surface area contributed by atoms with E-state index >= 15 is 0 Å². The van der Waals surface area contributed by atoms with Crippen LogP contribution in [-0.2, 0) is 0 Å². The number of nitrogens with zero attached hydrogens (tertiary/aromatic N) is 2. The van der Waals surface area contributed by atoms with E-state index in [9.17, 15) is 4.79 Å². The van der Waals surface area contributed by atoms with Crippen molar-refractivity contribution in [3.05, 3.63) is 18.0 Å². The first-order valence-corrected chi connectivity index (χ1v) is 5.89. The second kappa shape index (κ2) is 5.12. The summed E-state index contributed by atoms with van der Waals surface area (Å²) in [5.74, 6) is 0.899. The summed E-state index contributed by atoms with van der Waals surface area (Å²) in [5.41, 5.74) is 7.16. The number of nitrogen functional groups attached to an aromatic ring is 1. The molecule has 1 aliphatic rings. The third-order valence-electron chi connectivity index (χ3n) is 3.32. The van der Waals surface area contributed by atoms with Gasteiger partial charge in [0.1, 0.15) is 5.75 Å².